The van der Waals surface area contributed by atoms with E-state index in [1.807, 2.05) is 34.6 Å². The van der Waals surface area contributed by atoms with E-state index in [1.165, 1.54) is 17.8 Å². The van der Waals surface area contributed by atoms with E-state index in [4.69, 9.17) is 4.74 Å². The van der Waals surface area contributed by atoms with Crippen LogP contribution in [0.4, 0.5) is 5.00 Å². The highest BCUT2D eigenvalue weighted by Gasteiger charge is 2.28. The van der Waals surface area contributed by atoms with E-state index in [9.17, 15) is 14.4 Å². The summed E-state index contributed by atoms with van der Waals surface area (Å²) < 4.78 is 5.33. The van der Waals surface area contributed by atoms with E-state index in [2.05, 4.69) is 5.32 Å². The van der Waals surface area contributed by atoms with Crippen LogP contribution in [0.25, 0.3) is 0 Å². The molecule has 0 aliphatic heterocycles. The third-order valence-corrected chi connectivity index (χ3v) is 6.46. The molecule has 0 saturated heterocycles. The summed E-state index contributed by atoms with van der Waals surface area (Å²) in [4.78, 5) is 40.1. The predicted octanol–water partition coefficient (Wildman–Crippen LogP) is 4.30. The Morgan fingerprint density at radius 1 is 1.14 bits per heavy atom. The molecule has 2 rings (SSSR count). The van der Waals surface area contributed by atoms with Crippen LogP contribution in [0.1, 0.15) is 73.7 Å². The van der Waals surface area contributed by atoms with Crippen molar-refractivity contribution in [2.45, 2.75) is 72.8 Å². The summed E-state index contributed by atoms with van der Waals surface area (Å²) in [5, 5.41) is 3.32. The van der Waals surface area contributed by atoms with Gasteiger partial charge >= 0.3 is 5.97 Å². The Balaban J connectivity index is 2.05. The number of rotatable bonds is 5. The van der Waals surface area contributed by atoms with Crippen molar-refractivity contribution >= 4 is 34.1 Å². The van der Waals surface area contributed by atoms with Crippen LogP contribution in [-0.4, -0.2) is 42.4 Å². The number of esters is 1. The molecule has 28 heavy (non-hydrogen) atoms. The first-order chi connectivity index (χ1) is 13.0. The van der Waals surface area contributed by atoms with E-state index in [0.717, 1.165) is 36.1 Å². The molecule has 1 N–H and O–H groups in total. The summed E-state index contributed by atoms with van der Waals surface area (Å²) in [7, 11) is 1.78. The fraction of sp³-hybridized carbons (Fsp3) is 0.667. The van der Waals surface area contributed by atoms with Crippen molar-refractivity contribution in [3.63, 3.8) is 0 Å². The number of amides is 2. The SMILES string of the molecule is Cc1sc(NC(=O)C(C)(C)C)c(C(=O)OCC(=O)N(C)C2CCCCC2)c1C. The van der Waals surface area contributed by atoms with Crippen LogP contribution in [0.2, 0.25) is 0 Å². The van der Waals surface area contributed by atoms with E-state index in [1.54, 1.807) is 11.9 Å². The van der Waals surface area contributed by atoms with Gasteiger partial charge in [-0.25, -0.2) is 4.79 Å². The summed E-state index contributed by atoms with van der Waals surface area (Å²) in [6.07, 6.45) is 5.48. The lowest BCUT2D eigenvalue weighted by molar-refractivity contribution is -0.135. The molecule has 1 heterocycles. The second kappa shape index (κ2) is 9.07. The smallest absolute Gasteiger partial charge is 0.341 e. The molecular formula is C21H32N2O4S. The van der Waals surface area contributed by atoms with Crippen molar-refractivity contribution < 1.29 is 19.1 Å². The summed E-state index contributed by atoms with van der Waals surface area (Å²) in [6.45, 7) is 8.87. The van der Waals surface area contributed by atoms with Crippen molar-refractivity contribution in [1.29, 1.82) is 0 Å². The third kappa shape index (κ3) is 5.34. The minimum absolute atomic E-state index is 0.170. The lowest BCUT2D eigenvalue weighted by Crippen LogP contribution is -2.40. The van der Waals surface area contributed by atoms with Crippen LogP contribution in [0.3, 0.4) is 0 Å². The zero-order valence-corrected chi connectivity index (χ0v) is 18.6. The molecule has 1 aromatic heterocycles. The lowest BCUT2D eigenvalue weighted by atomic mass is 9.94. The number of carbonyl (C=O) groups is 3. The molecule has 156 valence electrons. The summed E-state index contributed by atoms with van der Waals surface area (Å²) >= 11 is 1.35. The van der Waals surface area contributed by atoms with E-state index < -0.39 is 11.4 Å². The van der Waals surface area contributed by atoms with Gasteiger partial charge in [0.2, 0.25) is 5.91 Å². The molecule has 7 heteroatoms. The van der Waals surface area contributed by atoms with Gasteiger partial charge in [0.1, 0.15) is 5.00 Å². The van der Waals surface area contributed by atoms with Crippen molar-refractivity contribution in [2.24, 2.45) is 5.41 Å². The molecule has 1 aliphatic rings. The minimum atomic E-state index is -0.578. The molecule has 0 atom stereocenters. The van der Waals surface area contributed by atoms with Crippen molar-refractivity contribution in [3.8, 4) is 0 Å². The van der Waals surface area contributed by atoms with E-state index in [-0.39, 0.29) is 24.5 Å². The largest absolute Gasteiger partial charge is 0.452 e. The molecule has 1 aliphatic carbocycles. The maximum atomic E-state index is 12.7. The number of carbonyl (C=O) groups excluding carboxylic acids is 3. The third-order valence-electron chi connectivity index (χ3n) is 5.34. The van der Waals surface area contributed by atoms with Crippen molar-refractivity contribution in [1.82, 2.24) is 4.90 Å². The van der Waals surface area contributed by atoms with Crippen LogP contribution in [0, 0.1) is 19.3 Å². The van der Waals surface area contributed by atoms with Crippen LogP contribution in [0.15, 0.2) is 0 Å². The topological polar surface area (TPSA) is 75.7 Å². The Morgan fingerprint density at radius 3 is 2.32 bits per heavy atom. The number of aryl methyl sites for hydroxylation is 1. The van der Waals surface area contributed by atoms with Gasteiger partial charge in [0.05, 0.1) is 5.56 Å². The second-order valence-electron chi connectivity index (χ2n) is 8.56. The molecule has 0 bridgehead atoms. The van der Waals surface area contributed by atoms with Gasteiger partial charge in [-0.2, -0.15) is 0 Å². The fourth-order valence-corrected chi connectivity index (χ4v) is 4.27. The van der Waals surface area contributed by atoms with Crippen LogP contribution >= 0.6 is 11.3 Å². The monoisotopic (exact) mass is 408 g/mol. The number of thiophene rings is 1. The predicted molar refractivity (Wildman–Crippen MR) is 112 cm³/mol. The molecule has 6 nitrogen and oxygen atoms in total. The number of hydrogen-bond donors (Lipinski definition) is 1. The van der Waals surface area contributed by atoms with Crippen LogP contribution in [-0.2, 0) is 14.3 Å². The highest BCUT2D eigenvalue weighted by Crippen LogP contribution is 2.34. The molecule has 1 aromatic rings. The highest BCUT2D eigenvalue weighted by molar-refractivity contribution is 7.16. The Morgan fingerprint density at radius 2 is 1.75 bits per heavy atom. The molecule has 1 fully saturated rings. The summed E-state index contributed by atoms with van der Waals surface area (Å²) in [5.74, 6) is -0.933. The first-order valence-corrected chi connectivity index (χ1v) is 10.7. The van der Waals surface area contributed by atoms with Crippen LogP contribution in [0.5, 0.6) is 0 Å². The average molecular weight is 409 g/mol. The van der Waals surface area contributed by atoms with Gasteiger partial charge in [-0.05, 0) is 32.3 Å². The Kier molecular flexibility index (Phi) is 7.26. The van der Waals surface area contributed by atoms with Gasteiger partial charge in [-0.15, -0.1) is 11.3 Å². The number of ether oxygens (including phenoxy) is 1. The van der Waals surface area contributed by atoms with Gasteiger partial charge in [-0.3, -0.25) is 9.59 Å². The molecule has 2 amide bonds. The standard InChI is InChI=1S/C21H32N2O4S/c1-13-14(2)28-18(22-20(26)21(3,4)5)17(13)19(25)27-12-16(24)23(6)15-10-8-7-9-11-15/h15H,7-12H2,1-6H3,(H,22,26). The Labute approximate surface area is 171 Å². The summed E-state index contributed by atoms with van der Waals surface area (Å²) in [6, 6.07) is 0.228. The number of likely N-dealkylation sites (N-methyl/N-ethyl adjacent to an activating group) is 1. The maximum Gasteiger partial charge on any atom is 0.341 e. The minimum Gasteiger partial charge on any atom is -0.452 e. The average Bonchev–Trinajstić information content (AvgIpc) is 2.92. The quantitative estimate of drug-likeness (QED) is 0.737. The normalized spacial score (nSPS) is 15.2. The zero-order valence-electron chi connectivity index (χ0n) is 17.8. The van der Waals surface area contributed by atoms with Crippen LogP contribution < -0.4 is 5.32 Å². The zero-order chi connectivity index (χ0) is 21.1. The van der Waals surface area contributed by atoms with Crippen molar-refractivity contribution in [2.75, 3.05) is 19.0 Å². The number of nitrogens with one attached hydrogen (secondary N) is 1. The fourth-order valence-electron chi connectivity index (χ4n) is 3.22. The highest BCUT2D eigenvalue weighted by atomic mass is 32.1. The van der Waals surface area contributed by atoms with Gasteiger partial charge in [0, 0.05) is 23.4 Å². The molecular weight excluding hydrogens is 376 g/mol. The van der Waals surface area contributed by atoms with Gasteiger partial charge < -0.3 is 15.0 Å². The Bertz CT molecular complexity index is 742. The first-order valence-electron chi connectivity index (χ1n) is 9.86. The lowest BCUT2D eigenvalue weighted by Gasteiger charge is -2.31. The van der Waals surface area contributed by atoms with E-state index in [0.29, 0.717) is 10.6 Å². The maximum absolute atomic E-state index is 12.7. The number of nitrogens with zero attached hydrogens (tertiary/aromatic N) is 1. The molecule has 0 aromatic carbocycles. The molecule has 0 spiro atoms. The number of anilines is 1. The number of hydrogen-bond acceptors (Lipinski definition) is 5. The van der Waals surface area contributed by atoms with Gasteiger partial charge in [0.15, 0.2) is 6.61 Å². The molecule has 0 radical (unpaired) electrons. The second-order valence-corrected chi connectivity index (χ2v) is 9.79. The Hall–Kier alpha value is -1.89. The first kappa shape index (κ1) is 22.4. The molecule has 1 saturated carbocycles. The molecule has 0 unspecified atom stereocenters. The van der Waals surface area contributed by atoms with Gasteiger partial charge in [-0.1, -0.05) is 40.0 Å². The summed E-state index contributed by atoms with van der Waals surface area (Å²) in [5.41, 5.74) is 0.534. The van der Waals surface area contributed by atoms with E-state index >= 15 is 0 Å². The van der Waals surface area contributed by atoms with Gasteiger partial charge in [0.25, 0.3) is 5.91 Å². The van der Waals surface area contributed by atoms with Crippen molar-refractivity contribution in [3.05, 3.63) is 16.0 Å².